The van der Waals surface area contributed by atoms with E-state index < -0.39 is 0 Å². The van der Waals surface area contributed by atoms with Crippen molar-refractivity contribution in [3.05, 3.63) is 64.3 Å². The minimum absolute atomic E-state index is 0.177. The fourth-order valence-corrected chi connectivity index (χ4v) is 4.19. The van der Waals surface area contributed by atoms with Gasteiger partial charge in [0.25, 0.3) is 5.91 Å². The number of anilines is 1. The molecule has 0 radical (unpaired) electrons. The molecule has 3 rings (SSSR count). The van der Waals surface area contributed by atoms with E-state index in [1.807, 2.05) is 52.0 Å². The maximum absolute atomic E-state index is 12.8. The lowest BCUT2D eigenvalue weighted by atomic mass is 9.95. The van der Waals surface area contributed by atoms with Gasteiger partial charge in [0, 0.05) is 35.3 Å². The van der Waals surface area contributed by atoms with Crippen LogP contribution in [-0.4, -0.2) is 38.9 Å². The molecule has 1 amide bonds. The van der Waals surface area contributed by atoms with Crippen LogP contribution in [0.5, 0.6) is 5.75 Å². The summed E-state index contributed by atoms with van der Waals surface area (Å²) < 4.78 is 5.48. The average Bonchev–Trinajstić information content (AvgIpc) is 3.18. The number of amides is 1. The number of carbonyl (C=O) groups is 1. The van der Waals surface area contributed by atoms with Crippen molar-refractivity contribution < 1.29 is 9.53 Å². The van der Waals surface area contributed by atoms with E-state index in [4.69, 9.17) is 16.2 Å². The van der Waals surface area contributed by atoms with Crippen LogP contribution in [0.25, 0.3) is 5.57 Å². The van der Waals surface area contributed by atoms with Gasteiger partial charge < -0.3 is 26.8 Å². The number of carbonyl (C=O) groups excluding carboxylic acids is 1. The standard InChI is InChI=1S/C23H30N4O2.C6H13N/c1-13-7-8-19(25)12-21(13)23(28)27-15(3)17-9-18(11-20(10-17)29-6)22(14(2)24)16(4)26-5;1-2-4-6-7-5-3-1/h7-12,15H,24-25H2,1-6H3,(H,27,28);7H,1-6H2/b22-14+,26-16?;. The lowest BCUT2D eigenvalue weighted by Crippen LogP contribution is -2.27. The van der Waals surface area contributed by atoms with Gasteiger partial charge in [0.05, 0.1) is 13.2 Å². The monoisotopic (exact) mass is 493 g/mol. The fourth-order valence-electron chi connectivity index (χ4n) is 4.19. The van der Waals surface area contributed by atoms with E-state index in [0.717, 1.165) is 28.0 Å². The number of nitrogens with one attached hydrogen (secondary N) is 2. The first kappa shape index (κ1) is 28.9. The maximum atomic E-state index is 12.8. The van der Waals surface area contributed by atoms with Crippen molar-refractivity contribution in [2.24, 2.45) is 10.7 Å². The van der Waals surface area contributed by atoms with Gasteiger partial charge in [-0.2, -0.15) is 0 Å². The molecule has 6 N–H and O–H groups in total. The van der Waals surface area contributed by atoms with Crippen LogP contribution in [0.15, 0.2) is 47.1 Å². The van der Waals surface area contributed by atoms with Gasteiger partial charge in [-0.05, 0) is 101 Å². The van der Waals surface area contributed by atoms with Crippen LogP contribution in [0.1, 0.15) is 79.5 Å². The molecule has 1 aliphatic rings. The molecule has 2 aromatic carbocycles. The Bertz CT molecular complexity index is 1070. The Labute approximate surface area is 216 Å². The molecule has 0 aliphatic carbocycles. The summed E-state index contributed by atoms with van der Waals surface area (Å²) in [5.41, 5.74) is 18.1. The molecule has 7 nitrogen and oxygen atoms in total. The summed E-state index contributed by atoms with van der Waals surface area (Å²) >= 11 is 0. The zero-order valence-electron chi connectivity index (χ0n) is 22.7. The summed E-state index contributed by atoms with van der Waals surface area (Å²) in [5.74, 6) is 0.505. The third-order valence-electron chi connectivity index (χ3n) is 6.36. The van der Waals surface area contributed by atoms with Crippen molar-refractivity contribution in [2.75, 3.05) is 33.0 Å². The Kier molecular flexibility index (Phi) is 11.5. The number of nitrogens with two attached hydrogens (primary N) is 2. The Morgan fingerprint density at radius 3 is 2.33 bits per heavy atom. The molecule has 7 heteroatoms. The van der Waals surface area contributed by atoms with Crippen LogP contribution in [0, 0.1) is 6.92 Å². The lowest BCUT2D eigenvalue weighted by Gasteiger charge is -2.19. The third kappa shape index (κ3) is 8.41. The molecule has 1 aliphatic heterocycles. The molecule has 1 saturated heterocycles. The minimum Gasteiger partial charge on any atom is -0.497 e. The number of aliphatic imine (C=N–C) groups is 1. The molecule has 196 valence electrons. The van der Waals surface area contributed by atoms with Crippen molar-refractivity contribution >= 4 is 22.9 Å². The second-order valence-corrected chi connectivity index (χ2v) is 9.30. The summed E-state index contributed by atoms with van der Waals surface area (Å²) in [7, 11) is 3.35. The first-order valence-corrected chi connectivity index (χ1v) is 12.6. The molecule has 0 spiro atoms. The van der Waals surface area contributed by atoms with Crippen LogP contribution in [0.3, 0.4) is 0 Å². The highest BCUT2D eigenvalue weighted by atomic mass is 16.5. The molecule has 0 bridgehead atoms. The molecule has 0 aromatic heterocycles. The molecule has 36 heavy (non-hydrogen) atoms. The number of benzene rings is 2. The van der Waals surface area contributed by atoms with Crippen LogP contribution in [0.2, 0.25) is 0 Å². The summed E-state index contributed by atoms with van der Waals surface area (Å²) in [6.07, 6.45) is 5.65. The minimum atomic E-state index is -0.254. The predicted molar refractivity (Wildman–Crippen MR) is 152 cm³/mol. The van der Waals surface area contributed by atoms with Gasteiger partial charge in [-0.3, -0.25) is 9.79 Å². The van der Waals surface area contributed by atoms with Crippen molar-refractivity contribution in [2.45, 2.75) is 59.4 Å². The highest BCUT2D eigenvalue weighted by molar-refractivity contribution is 6.23. The number of nitrogen functional groups attached to an aromatic ring is 1. The second-order valence-electron chi connectivity index (χ2n) is 9.30. The Hall–Kier alpha value is -3.32. The summed E-state index contributed by atoms with van der Waals surface area (Å²) in [6.45, 7) is 10.1. The summed E-state index contributed by atoms with van der Waals surface area (Å²) in [4.78, 5) is 17.1. The van der Waals surface area contributed by atoms with Gasteiger partial charge in [0.1, 0.15) is 5.75 Å². The molecule has 1 atom stereocenters. The number of hydrogen-bond donors (Lipinski definition) is 4. The molecule has 1 fully saturated rings. The van der Waals surface area contributed by atoms with Gasteiger partial charge in [-0.25, -0.2) is 0 Å². The first-order valence-electron chi connectivity index (χ1n) is 12.6. The van der Waals surface area contributed by atoms with Crippen LogP contribution in [0.4, 0.5) is 5.69 Å². The van der Waals surface area contributed by atoms with E-state index in [9.17, 15) is 4.79 Å². The van der Waals surface area contributed by atoms with Gasteiger partial charge in [0.15, 0.2) is 0 Å². The Balaban J connectivity index is 0.000000558. The Morgan fingerprint density at radius 2 is 1.75 bits per heavy atom. The SMILES string of the molecule is C1CCCNCC1.CN=C(C)/C(=C(/C)N)c1cc(OC)cc(C(C)NC(=O)c2cc(N)ccc2C)c1. The number of ether oxygens (including phenoxy) is 1. The molecule has 0 saturated carbocycles. The normalized spacial score (nSPS) is 15.6. The average molecular weight is 494 g/mol. The van der Waals surface area contributed by atoms with Gasteiger partial charge in [0.2, 0.25) is 0 Å². The lowest BCUT2D eigenvalue weighted by molar-refractivity contribution is 0.0939. The summed E-state index contributed by atoms with van der Waals surface area (Å²) in [6, 6.07) is 10.9. The van der Waals surface area contributed by atoms with E-state index in [1.165, 1.54) is 38.8 Å². The first-order chi connectivity index (χ1) is 17.2. The Morgan fingerprint density at radius 1 is 1.08 bits per heavy atom. The number of aryl methyl sites for hydroxylation is 1. The molecular formula is C29H43N5O2. The molecule has 1 unspecified atom stereocenters. The fraction of sp³-hybridized carbons (Fsp3) is 0.448. The molecule has 2 aromatic rings. The van der Waals surface area contributed by atoms with Crippen molar-refractivity contribution in [1.29, 1.82) is 0 Å². The van der Waals surface area contributed by atoms with Gasteiger partial charge in [-0.1, -0.05) is 18.9 Å². The zero-order valence-corrected chi connectivity index (χ0v) is 22.7. The number of hydrogen-bond acceptors (Lipinski definition) is 6. The van der Waals surface area contributed by atoms with Gasteiger partial charge >= 0.3 is 0 Å². The van der Waals surface area contributed by atoms with Crippen LogP contribution in [-0.2, 0) is 0 Å². The van der Waals surface area contributed by atoms with Crippen LogP contribution < -0.4 is 26.8 Å². The third-order valence-corrected chi connectivity index (χ3v) is 6.36. The van der Waals surface area contributed by atoms with Crippen LogP contribution >= 0.6 is 0 Å². The molecular weight excluding hydrogens is 450 g/mol. The van der Waals surface area contributed by atoms with Crippen molar-refractivity contribution in [3.63, 3.8) is 0 Å². The van der Waals surface area contributed by atoms with E-state index >= 15 is 0 Å². The van der Waals surface area contributed by atoms with E-state index in [0.29, 0.717) is 22.7 Å². The number of allylic oxidation sites excluding steroid dienone is 2. The van der Waals surface area contributed by atoms with E-state index in [1.54, 1.807) is 26.3 Å². The highest BCUT2D eigenvalue weighted by Crippen LogP contribution is 2.28. The van der Waals surface area contributed by atoms with Crippen molar-refractivity contribution in [3.8, 4) is 5.75 Å². The van der Waals surface area contributed by atoms with E-state index in [-0.39, 0.29) is 11.9 Å². The molecule has 1 heterocycles. The second kappa shape index (κ2) is 14.3. The van der Waals surface area contributed by atoms with Crippen molar-refractivity contribution in [1.82, 2.24) is 10.6 Å². The zero-order chi connectivity index (χ0) is 26.7. The highest BCUT2D eigenvalue weighted by Gasteiger charge is 2.17. The number of methoxy groups -OCH3 is 1. The van der Waals surface area contributed by atoms with Gasteiger partial charge in [-0.15, -0.1) is 0 Å². The predicted octanol–water partition coefficient (Wildman–Crippen LogP) is 5.01. The topological polar surface area (TPSA) is 115 Å². The number of rotatable bonds is 6. The smallest absolute Gasteiger partial charge is 0.252 e. The summed E-state index contributed by atoms with van der Waals surface area (Å²) in [5, 5.41) is 6.39. The van der Waals surface area contributed by atoms with E-state index in [2.05, 4.69) is 15.6 Å². The number of nitrogens with zero attached hydrogens (tertiary/aromatic N) is 1. The quantitative estimate of drug-likeness (QED) is 0.334. The largest absolute Gasteiger partial charge is 0.497 e. The maximum Gasteiger partial charge on any atom is 0.252 e.